The Kier molecular flexibility index (Phi) is 5.01. The number of hydrogen-bond acceptors (Lipinski definition) is 3. The minimum absolute atomic E-state index is 0.0371. The number of amides is 1. The lowest BCUT2D eigenvalue weighted by Crippen LogP contribution is -2.35. The number of benzene rings is 1. The normalized spacial score (nSPS) is 18.4. The minimum Gasteiger partial charge on any atom is -0.484 e. The van der Waals surface area contributed by atoms with Crippen molar-refractivity contribution in [2.24, 2.45) is 0 Å². The summed E-state index contributed by atoms with van der Waals surface area (Å²) in [5.74, 6) is 0.600. The smallest absolute Gasteiger partial charge is 0.258 e. The predicted octanol–water partition coefficient (Wildman–Crippen LogP) is 2.35. The molecule has 0 heterocycles. The van der Waals surface area contributed by atoms with Gasteiger partial charge in [0.05, 0.1) is 6.10 Å². The first kappa shape index (κ1) is 14.9. The van der Waals surface area contributed by atoms with Crippen LogP contribution in [-0.2, 0) is 11.2 Å². The van der Waals surface area contributed by atoms with Crippen LogP contribution < -0.4 is 10.1 Å². The molecule has 0 saturated carbocycles. The number of hydrogen-bond donors (Lipinski definition) is 2. The second kappa shape index (κ2) is 6.75. The monoisotopic (exact) mass is 277 g/mol. The Hall–Kier alpha value is -1.55. The fraction of sp³-hybridized carbons (Fsp3) is 0.562. The highest BCUT2D eigenvalue weighted by Crippen LogP contribution is 2.33. The molecule has 1 aromatic carbocycles. The van der Waals surface area contributed by atoms with Crippen molar-refractivity contribution in [1.29, 1.82) is 0 Å². The third-order valence-corrected chi connectivity index (χ3v) is 3.66. The number of aliphatic hydroxyl groups is 1. The molecule has 1 unspecified atom stereocenters. The molecule has 4 nitrogen and oxygen atoms in total. The lowest BCUT2D eigenvalue weighted by Gasteiger charge is -2.13. The molecule has 4 heteroatoms. The zero-order valence-corrected chi connectivity index (χ0v) is 12.2. The maximum Gasteiger partial charge on any atom is 0.258 e. The Morgan fingerprint density at radius 2 is 2.35 bits per heavy atom. The van der Waals surface area contributed by atoms with E-state index in [4.69, 9.17) is 4.74 Å². The lowest BCUT2D eigenvalue weighted by molar-refractivity contribution is -0.123. The van der Waals surface area contributed by atoms with Crippen LogP contribution >= 0.6 is 0 Å². The largest absolute Gasteiger partial charge is 0.484 e. The van der Waals surface area contributed by atoms with Gasteiger partial charge in [0.15, 0.2) is 6.61 Å². The summed E-state index contributed by atoms with van der Waals surface area (Å²) in [4.78, 5) is 11.7. The van der Waals surface area contributed by atoms with E-state index in [2.05, 4.69) is 12.2 Å². The third-order valence-electron chi connectivity index (χ3n) is 3.66. The van der Waals surface area contributed by atoms with Gasteiger partial charge in [0, 0.05) is 6.04 Å². The van der Waals surface area contributed by atoms with Crippen molar-refractivity contribution >= 4 is 5.91 Å². The summed E-state index contributed by atoms with van der Waals surface area (Å²) in [7, 11) is 0. The zero-order valence-electron chi connectivity index (χ0n) is 12.2. The Balaban J connectivity index is 1.84. The van der Waals surface area contributed by atoms with Gasteiger partial charge in [-0.15, -0.1) is 0 Å². The molecule has 0 aromatic heterocycles. The Morgan fingerprint density at radius 3 is 3.10 bits per heavy atom. The molecule has 1 amide bonds. The van der Waals surface area contributed by atoms with Crippen molar-refractivity contribution in [3.63, 3.8) is 0 Å². The van der Waals surface area contributed by atoms with Crippen molar-refractivity contribution in [1.82, 2.24) is 5.32 Å². The second-order valence-electron chi connectivity index (χ2n) is 5.46. The van der Waals surface area contributed by atoms with Gasteiger partial charge in [-0.05, 0) is 49.4 Å². The van der Waals surface area contributed by atoms with Crippen LogP contribution in [0.3, 0.4) is 0 Å². The second-order valence-corrected chi connectivity index (χ2v) is 5.46. The first-order chi connectivity index (χ1) is 9.60. The summed E-state index contributed by atoms with van der Waals surface area (Å²) < 4.78 is 5.51. The number of aryl methyl sites for hydroxylation is 1. The number of fused-ring (bicyclic) bond motifs is 1. The molecule has 20 heavy (non-hydrogen) atoms. The van der Waals surface area contributed by atoms with Crippen molar-refractivity contribution in [3.8, 4) is 5.75 Å². The van der Waals surface area contributed by atoms with Gasteiger partial charge in [0.25, 0.3) is 5.91 Å². The molecule has 0 bridgehead atoms. The molecule has 0 saturated heterocycles. The standard InChI is InChI=1S/C16H23NO3/c1-3-4-11(2)17-16(19)10-20-13-6-7-14-12(9-13)5-8-15(14)18/h6-7,9,11,15,18H,3-5,8,10H2,1-2H3,(H,17,19)/t11?,15-/m0/s1. The summed E-state index contributed by atoms with van der Waals surface area (Å²) in [5, 5.41) is 12.6. The van der Waals surface area contributed by atoms with Gasteiger partial charge in [-0.25, -0.2) is 0 Å². The minimum atomic E-state index is -0.350. The number of carbonyl (C=O) groups is 1. The fourth-order valence-corrected chi connectivity index (χ4v) is 2.63. The average Bonchev–Trinajstić information content (AvgIpc) is 2.78. The third kappa shape index (κ3) is 3.73. The van der Waals surface area contributed by atoms with Crippen LogP contribution in [0.4, 0.5) is 0 Å². The number of nitrogens with one attached hydrogen (secondary N) is 1. The van der Waals surface area contributed by atoms with E-state index in [1.54, 1.807) is 0 Å². The molecule has 2 atom stereocenters. The number of aliphatic hydroxyl groups excluding tert-OH is 1. The summed E-state index contributed by atoms with van der Waals surface area (Å²) in [6.07, 6.45) is 3.32. The zero-order chi connectivity index (χ0) is 14.5. The highest BCUT2D eigenvalue weighted by Gasteiger charge is 2.20. The summed E-state index contributed by atoms with van der Waals surface area (Å²) in [6, 6.07) is 5.82. The molecule has 2 rings (SSSR count). The van der Waals surface area contributed by atoms with Crippen LogP contribution in [-0.4, -0.2) is 23.7 Å². The molecule has 1 aliphatic rings. The van der Waals surface area contributed by atoms with Crippen LogP contribution in [0.15, 0.2) is 18.2 Å². The maximum atomic E-state index is 11.7. The molecule has 0 spiro atoms. The first-order valence-corrected chi connectivity index (χ1v) is 7.33. The van der Waals surface area contributed by atoms with Crippen molar-refractivity contribution < 1.29 is 14.6 Å². The van der Waals surface area contributed by atoms with E-state index in [0.717, 1.165) is 36.8 Å². The topological polar surface area (TPSA) is 58.6 Å². The van der Waals surface area contributed by atoms with Crippen LogP contribution in [0.2, 0.25) is 0 Å². The SMILES string of the molecule is CCCC(C)NC(=O)COc1ccc2c(c1)CC[C@@H]2O. The van der Waals surface area contributed by atoms with E-state index < -0.39 is 0 Å². The Labute approximate surface area is 120 Å². The lowest BCUT2D eigenvalue weighted by atomic mass is 10.1. The van der Waals surface area contributed by atoms with Gasteiger partial charge < -0.3 is 15.2 Å². The van der Waals surface area contributed by atoms with E-state index in [0.29, 0.717) is 5.75 Å². The van der Waals surface area contributed by atoms with Crippen molar-refractivity contribution in [2.45, 2.75) is 51.7 Å². The van der Waals surface area contributed by atoms with Gasteiger partial charge in [0.1, 0.15) is 5.75 Å². The van der Waals surface area contributed by atoms with E-state index in [1.807, 2.05) is 25.1 Å². The van der Waals surface area contributed by atoms with E-state index in [9.17, 15) is 9.90 Å². The number of ether oxygens (including phenoxy) is 1. The molecule has 110 valence electrons. The Morgan fingerprint density at radius 1 is 1.55 bits per heavy atom. The van der Waals surface area contributed by atoms with E-state index >= 15 is 0 Å². The molecule has 0 fully saturated rings. The summed E-state index contributed by atoms with van der Waals surface area (Å²) >= 11 is 0. The number of carbonyl (C=O) groups excluding carboxylic acids is 1. The summed E-state index contributed by atoms with van der Waals surface area (Å²) in [5.41, 5.74) is 2.10. The van der Waals surface area contributed by atoms with Gasteiger partial charge >= 0.3 is 0 Å². The van der Waals surface area contributed by atoms with Crippen LogP contribution in [0.25, 0.3) is 0 Å². The highest BCUT2D eigenvalue weighted by atomic mass is 16.5. The highest BCUT2D eigenvalue weighted by molar-refractivity contribution is 5.77. The van der Waals surface area contributed by atoms with Gasteiger partial charge in [-0.2, -0.15) is 0 Å². The Bertz CT molecular complexity index is 473. The van der Waals surface area contributed by atoms with Gasteiger partial charge in [-0.1, -0.05) is 19.4 Å². The molecule has 0 aliphatic heterocycles. The first-order valence-electron chi connectivity index (χ1n) is 7.33. The van der Waals surface area contributed by atoms with Crippen molar-refractivity contribution in [2.75, 3.05) is 6.61 Å². The summed E-state index contributed by atoms with van der Waals surface area (Å²) in [6.45, 7) is 4.13. The molecule has 1 aromatic rings. The maximum absolute atomic E-state index is 11.7. The van der Waals surface area contributed by atoms with Crippen molar-refractivity contribution in [3.05, 3.63) is 29.3 Å². The van der Waals surface area contributed by atoms with Crippen LogP contribution in [0, 0.1) is 0 Å². The van der Waals surface area contributed by atoms with E-state index in [1.165, 1.54) is 0 Å². The molecule has 0 radical (unpaired) electrons. The molecule has 1 aliphatic carbocycles. The molecule has 2 N–H and O–H groups in total. The average molecular weight is 277 g/mol. The van der Waals surface area contributed by atoms with E-state index in [-0.39, 0.29) is 24.7 Å². The van der Waals surface area contributed by atoms with Crippen LogP contribution in [0.5, 0.6) is 5.75 Å². The molecular formula is C16H23NO3. The fourth-order valence-electron chi connectivity index (χ4n) is 2.63. The molecular weight excluding hydrogens is 254 g/mol. The van der Waals surface area contributed by atoms with Gasteiger partial charge in [-0.3, -0.25) is 4.79 Å². The quantitative estimate of drug-likeness (QED) is 0.839. The predicted molar refractivity (Wildman–Crippen MR) is 77.7 cm³/mol. The van der Waals surface area contributed by atoms with Gasteiger partial charge in [0.2, 0.25) is 0 Å². The number of rotatable bonds is 6. The van der Waals surface area contributed by atoms with Crippen LogP contribution in [0.1, 0.15) is 50.3 Å².